The third-order valence-electron chi connectivity index (χ3n) is 3.38. The minimum absolute atomic E-state index is 0.0758. The minimum atomic E-state index is 0.0758. The zero-order valence-corrected chi connectivity index (χ0v) is 10.5. The van der Waals surface area contributed by atoms with Gasteiger partial charge in [-0.05, 0) is 25.7 Å². The van der Waals surface area contributed by atoms with E-state index >= 15 is 0 Å². The van der Waals surface area contributed by atoms with Crippen molar-refractivity contribution in [3.63, 3.8) is 0 Å². The Morgan fingerprint density at radius 2 is 2.00 bits per heavy atom. The molecule has 2 rings (SSSR count). The molecule has 1 aliphatic heterocycles. The molecule has 1 saturated carbocycles. The van der Waals surface area contributed by atoms with Crippen molar-refractivity contribution in [2.24, 2.45) is 5.73 Å². The molecule has 0 radical (unpaired) electrons. The Bertz CT molecular complexity index is 249. The predicted octanol–water partition coefficient (Wildman–Crippen LogP) is -0.0271. The summed E-state index contributed by atoms with van der Waals surface area (Å²) in [6.45, 7) is 2.65. The molecule has 5 heteroatoms. The molecule has 4 N–H and O–H groups in total. The van der Waals surface area contributed by atoms with Crippen LogP contribution in [0.1, 0.15) is 38.5 Å². The second kappa shape index (κ2) is 6.33. The molecule has 1 atom stereocenters. The van der Waals surface area contributed by atoms with Crippen LogP contribution in [0.4, 0.5) is 0 Å². The number of amides is 1. The first-order chi connectivity index (χ1) is 8.28. The number of hydrazine groups is 1. The molecule has 98 valence electrons. The zero-order valence-electron chi connectivity index (χ0n) is 10.5. The molecule has 2 aliphatic rings. The maximum atomic E-state index is 11.7. The number of hydrogen-bond acceptors (Lipinski definition) is 4. The van der Waals surface area contributed by atoms with Crippen molar-refractivity contribution in [2.45, 2.75) is 50.6 Å². The molecular weight excluding hydrogens is 216 g/mol. The Kier molecular flexibility index (Phi) is 4.76. The predicted molar refractivity (Wildman–Crippen MR) is 67.2 cm³/mol. The lowest BCUT2D eigenvalue weighted by molar-refractivity contribution is -0.122. The molecule has 0 aromatic heterocycles. The zero-order chi connectivity index (χ0) is 12.1. The fourth-order valence-electron chi connectivity index (χ4n) is 2.20. The second-order valence-electron chi connectivity index (χ2n) is 5.16. The summed E-state index contributed by atoms with van der Waals surface area (Å²) >= 11 is 0. The Labute approximate surface area is 103 Å². The molecule has 1 aliphatic carbocycles. The first-order valence-electron chi connectivity index (χ1n) is 6.78. The molecule has 0 aromatic rings. The van der Waals surface area contributed by atoms with E-state index in [1.807, 2.05) is 0 Å². The van der Waals surface area contributed by atoms with E-state index in [0.717, 1.165) is 25.9 Å². The highest BCUT2D eigenvalue weighted by Crippen LogP contribution is 2.18. The fraction of sp³-hybridized carbons (Fsp3) is 0.917. The number of rotatable bonds is 6. The van der Waals surface area contributed by atoms with Crippen LogP contribution in [0.15, 0.2) is 0 Å². The van der Waals surface area contributed by atoms with Crippen molar-refractivity contribution in [1.82, 2.24) is 15.8 Å². The van der Waals surface area contributed by atoms with Gasteiger partial charge in [-0.15, -0.1) is 0 Å². The Morgan fingerprint density at radius 3 is 2.59 bits per heavy atom. The number of nitrogens with one attached hydrogen (secondary N) is 2. The van der Waals surface area contributed by atoms with Gasteiger partial charge in [0.15, 0.2) is 0 Å². The van der Waals surface area contributed by atoms with Gasteiger partial charge in [-0.3, -0.25) is 10.2 Å². The Hall–Kier alpha value is -0.650. The molecule has 1 saturated heterocycles. The van der Waals surface area contributed by atoms with Gasteiger partial charge in [-0.1, -0.05) is 6.42 Å². The second-order valence-corrected chi connectivity index (χ2v) is 5.16. The maximum absolute atomic E-state index is 11.7. The van der Waals surface area contributed by atoms with Crippen LogP contribution >= 0.6 is 0 Å². The molecule has 17 heavy (non-hydrogen) atoms. The van der Waals surface area contributed by atoms with Gasteiger partial charge in [0.1, 0.15) is 0 Å². The third-order valence-corrected chi connectivity index (χ3v) is 3.38. The Morgan fingerprint density at radius 1 is 1.29 bits per heavy atom. The van der Waals surface area contributed by atoms with Gasteiger partial charge < -0.3 is 11.1 Å². The van der Waals surface area contributed by atoms with E-state index < -0.39 is 0 Å². The third kappa shape index (κ3) is 4.61. The molecule has 0 bridgehead atoms. The molecule has 0 aromatic carbocycles. The van der Waals surface area contributed by atoms with Crippen molar-refractivity contribution in [3.05, 3.63) is 0 Å². The highest BCUT2D eigenvalue weighted by atomic mass is 16.1. The van der Waals surface area contributed by atoms with Gasteiger partial charge in [0.05, 0.1) is 0 Å². The van der Waals surface area contributed by atoms with E-state index in [2.05, 4.69) is 15.8 Å². The van der Waals surface area contributed by atoms with Crippen LogP contribution in [-0.4, -0.2) is 42.6 Å². The summed E-state index contributed by atoms with van der Waals surface area (Å²) in [5, 5.41) is 5.22. The van der Waals surface area contributed by atoms with Crippen LogP contribution in [0.25, 0.3) is 0 Å². The molecule has 1 unspecified atom stereocenters. The first-order valence-corrected chi connectivity index (χ1v) is 6.78. The standard InChI is InChI=1S/C12H24N4O/c13-9-11(8-12(17)14-10-4-5-10)15-16-6-2-1-3-7-16/h10-11,15H,1-9,13H2,(H,14,17). The van der Waals surface area contributed by atoms with Crippen molar-refractivity contribution in [1.29, 1.82) is 0 Å². The average molecular weight is 240 g/mol. The highest BCUT2D eigenvalue weighted by molar-refractivity contribution is 5.77. The van der Waals surface area contributed by atoms with E-state index in [0.29, 0.717) is 19.0 Å². The van der Waals surface area contributed by atoms with Crippen LogP contribution in [0.5, 0.6) is 0 Å². The van der Waals surface area contributed by atoms with Crippen molar-refractivity contribution < 1.29 is 4.79 Å². The molecule has 0 spiro atoms. The van der Waals surface area contributed by atoms with Gasteiger partial charge in [-0.2, -0.15) is 0 Å². The summed E-state index contributed by atoms with van der Waals surface area (Å²) in [7, 11) is 0. The number of nitrogens with two attached hydrogens (primary N) is 1. The Balaban J connectivity index is 1.68. The molecule has 1 amide bonds. The summed E-state index contributed by atoms with van der Waals surface area (Å²) in [5.41, 5.74) is 9.09. The van der Waals surface area contributed by atoms with E-state index in [4.69, 9.17) is 5.73 Å². The van der Waals surface area contributed by atoms with Gasteiger partial charge >= 0.3 is 0 Å². The number of nitrogens with zero attached hydrogens (tertiary/aromatic N) is 1. The van der Waals surface area contributed by atoms with Gasteiger partial charge in [0.2, 0.25) is 5.91 Å². The SMILES string of the molecule is NCC(CC(=O)NC1CC1)NN1CCCCC1. The lowest BCUT2D eigenvalue weighted by atomic mass is 10.1. The van der Waals surface area contributed by atoms with Crippen molar-refractivity contribution >= 4 is 5.91 Å². The number of carbonyl (C=O) groups excluding carboxylic acids is 1. The van der Waals surface area contributed by atoms with E-state index in [1.54, 1.807) is 0 Å². The van der Waals surface area contributed by atoms with Crippen LogP contribution in [0.2, 0.25) is 0 Å². The summed E-state index contributed by atoms with van der Waals surface area (Å²) in [6, 6.07) is 0.516. The molecule has 2 fully saturated rings. The van der Waals surface area contributed by atoms with Crippen molar-refractivity contribution in [2.75, 3.05) is 19.6 Å². The topological polar surface area (TPSA) is 70.4 Å². The first kappa shape index (κ1) is 12.8. The smallest absolute Gasteiger partial charge is 0.221 e. The lowest BCUT2D eigenvalue weighted by Crippen LogP contribution is -2.51. The number of carbonyl (C=O) groups is 1. The van der Waals surface area contributed by atoms with E-state index in [1.165, 1.54) is 19.3 Å². The van der Waals surface area contributed by atoms with Crippen LogP contribution in [0, 0.1) is 0 Å². The van der Waals surface area contributed by atoms with Crippen molar-refractivity contribution in [3.8, 4) is 0 Å². The number of hydrogen-bond donors (Lipinski definition) is 3. The van der Waals surface area contributed by atoms with Gasteiger partial charge in [0.25, 0.3) is 0 Å². The molecule has 5 nitrogen and oxygen atoms in total. The summed E-state index contributed by atoms with van der Waals surface area (Å²) in [6.07, 6.45) is 6.55. The van der Waals surface area contributed by atoms with Gasteiger partial charge in [-0.25, -0.2) is 5.01 Å². The lowest BCUT2D eigenvalue weighted by Gasteiger charge is -2.31. The van der Waals surface area contributed by atoms with Crippen LogP contribution in [0.3, 0.4) is 0 Å². The summed E-state index contributed by atoms with van der Waals surface area (Å²) < 4.78 is 0. The molecular formula is C12H24N4O. The largest absolute Gasteiger partial charge is 0.353 e. The van der Waals surface area contributed by atoms with E-state index in [9.17, 15) is 4.79 Å². The number of piperidine rings is 1. The van der Waals surface area contributed by atoms with Gasteiger partial charge in [0, 0.05) is 38.1 Å². The van der Waals surface area contributed by atoms with Crippen LogP contribution in [-0.2, 0) is 4.79 Å². The monoisotopic (exact) mass is 240 g/mol. The molecule has 1 heterocycles. The summed E-state index contributed by atoms with van der Waals surface area (Å²) in [4.78, 5) is 11.7. The fourth-order valence-corrected chi connectivity index (χ4v) is 2.20. The normalized spacial score (nSPS) is 23.4. The van der Waals surface area contributed by atoms with E-state index in [-0.39, 0.29) is 11.9 Å². The average Bonchev–Trinajstić information content (AvgIpc) is 3.13. The van der Waals surface area contributed by atoms with Crippen LogP contribution < -0.4 is 16.5 Å². The summed E-state index contributed by atoms with van der Waals surface area (Å²) in [5.74, 6) is 0.132. The highest BCUT2D eigenvalue weighted by Gasteiger charge is 2.24. The quantitative estimate of drug-likeness (QED) is 0.610. The minimum Gasteiger partial charge on any atom is -0.353 e. The maximum Gasteiger partial charge on any atom is 0.221 e.